The molecule has 1 amide bonds. The van der Waals surface area contributed by atoms with E-state index in [0.717, 1.165) is 18.4 Å². The van der Waals surface area contributed by atoms with E-state index in [1.54, 1.807) is 7.05 Å². The Morgan fingerprint density at radius 1 is 1.29 bits per heavy atom. The van der Waals surface area contributed by atoms with Crippen LogP contribution in [0.25, 0.3) is 0 Å². The predicted molar refractivity (Wildman–Crippen MR) is 83.5 cm³/mol. The Labute approximate surface area is 126 Å². The van der Waals surface area contributed by atoms with Crippen molar-refractivity contribution in [3.05, 3.63) is 35.9 Å². The van der Waals surface area contributed by atoms with Gasteiger partial charge in [-0.25, -0.2) is 0 Å². The van der Waals surface area contributed by atoms with Crippen LogP contribution in [-0.4, -0.2) is 37.9 Å². The molecule has 0 fully saturated rings. The highest BCUT2D eigenvalue weighted by molar-refractivity contribution is 5.84. The van der Waals surface area contributed by atoms with E-state index in [2.05, 4.69) is 10.6 Å². The summed E-state index contributed by atoms with van der Waals surface area (Å²) >= 11 is 0. The van der Waals surface area contributed by atoms with E-state index >= 15 is 0 Å². The zero-order valence-corrected chi connectivity index (χ0v) is 12.5. The third-order valence-corrected chi connectivity index (χ3v) is 3.35. The van der Waals surface area contributed by atoms with Crippen LogP contribution in [0.5, 0.6) is 0 Å². The molecule has 0 heterocycles. The molecule has 0 aliphatic rings. The number of carbonyl (C=O) groups excluding carboxylic acids is 2. The normalized spacial score (nSPS) is 13.4. The van der Waals surface area contributed by atoms with Crippen LogP contribution in [0.15, 0.2) is 30.3 Å². The van der Waals surface area contributed by atoms with Crippen LogP contribution in [-0.2, 0) is 16.0 Å². The van der Waals surface area contributed by atoms with Crippen molar-refractivity contribution >= 4 is 12.2 Å². The Morgan fingerprint density at radius 2 is 2.00 bits per heavy atom. The highest BCUT2D eigenvalue weighted by atomic mass is 16.2. The van der Waals surface area contributed by atoms with E-state index in [1.807, 2.05) is 36.6 Å². The van der Waals surface area contributed by atoms with Crippen molar-refractivity contribution in [1.29, 1.82) is 0 Å². The Bertz CT molecular complexity index is 423. The van der Waals surface area contributed by atoms with Gasteiger partial charge in [0.05, 0.1) is 12.1 Å². The van der Waals surface area contributed by atoms with Gasteiger partial charge in [0.1, 0.15) is 0 Å². The predicted octanol–water partition coefficient (Wildman–Crippen LogP) is 0.541. The van der Waals surface area contributed by atoms with Gasteiger partial charge in [0.25, 0.3) is 0 Å². The van der Waals surface area contributed by atoms with Crippen molar-refractivity contribution in [2.75, 3.05) is 13.6 Å². The van der Waals surface area contributed by atoms with E-state index in [1.165, 1.54) is 0 Å². The molecule has 0 unspecified atom stereocenters. The molecule has 2 atom stereocenters. The number of benzene rings is 1. The molecule has 0 aromatic heterocycles. The lowest BCUT2D eigenvalue weighted by molar-refractivity contribution is -0.123. The monoisotopic (exact) mass is 290 g/mol. The highest BCUT2D eigenvalue weighted by Crippen LogP contribution is 2.04. The molecule has 0 bridgehead atoms. The molecule has 5 nitrogen and oxygen atoms in total. The Morgan fingerprint density at radius 3 is 2.57 bits per heavy atom. The maximum Gasteiger partial charge on any atom is 0.238 e. The number of rotatable bonds is 10. The van der Waals surface area contributed by atoms with Gasteiger partial charge >= 0.3 is 0 Å². The molecule has 1 aromatic carbocycles. The van der Waals surface area contributed by atoms with Gasteiger partial charge < -0.3 is 16.4 Å². The fourth-order valence-electron chi connectivity index (χ4n) is 2.10. The van der Waals surface area contributed by atoms with E-state index in [0.29, 0.717) is 19.4 Å². The second-order valence-electron chi connectivity index (χ2n) is 4.99. The number of likely N-dealkylation sites (N-methyl/N-ethyl adjacent to an activating group) is 1. The van der Waals surface area contributed by atoms with Crippen molar-refractivity contribution in [2.45, 2.75) is 37.8 Å². The highest BCUT2D eigenvalue weighted by Gasteiger charge is 2.20. The van der Waals surface area contributed by atoms with Crippen molar-refractivity contribution in [3.63, 3.8) is 0 Å². The number of carbonyl (C=O) groups is 1. The first-order chi connectivity index (χ1) is 10.2. The molecule has 0 saturated heterocycles. The molecule has 0 spiro atoms. The number of nitrogens with two attached hydrogens (primary N) is 1. The molecular formula is C16H24N3O2. The van der Waals surface area contributed by atoms with Gasteiger partial charge in [-0.1, -0.05) is 30.3 Å². The smallest absolute Gasteiger partial charge is 0.238 e. The maximum atomic E-state index is 12.2. The topological polar surface area (TPSA) is 84.2 Å². The molecular weight excluding hydrogens is 266 g/mol. The molecule has 115 valence electrons. The zero-order valence-electron chi connectivity index (χ0n) is 12.5. The summed E-state index contributed by atoms with van der Waals surface area (Å²) in [6.07, 6.45) is 4.69. The van der Waals surface area contributed by atoms with Crippen LogP contribution in [0.2, 0.25) is 0 Å². The summed E-state index contributed by atoms with van der Waals surface area (Å²) in [5, 5.41) is 5.72. The molecule has 1 radical (unpaired) electrons. The second kappa shape index (κ2) is 10.1. The van der Waals surface area contributed by atoms with Gasteiger partial charge in [0.15, 0.2) is 0 Å². The average molecular weight is 290 g/mol. The summed E-state index contributed by atoms with van der Waals surface area (Å²) in [6.45, 7) is 0.590. The van der Waals surface area contributed by atoms with Crippen molar-refractivity contribution < 1.29 is 9.59 Å². The van der Waals surface area contributed by atoms with Gasteiger partial charge in [-0.2, -0.15) is 0 Å². The Balaban J connectivity index is 2.51. The molecule has 5 heteroatoms. The first-order valence-corrected chi connectivity index (χ1v) is 7.30. The summed E-state index contributed by atoms with van der Waals surface area (Å²) in [4.78, 5) is 23.1. The summed E-state index contributed by atoms with van der Waals surface area (Å²) in [5.74, 6) is -0.178. The molecule has 0 aliphatic heterocycles. The standard InChI is InChI=1S/C16H24N3O2/c1-18-15(11-13-7-3-2-4-8-13)16(21)19-14(12-20)9-5-6-10-17/h2-4,7-8,14-15,18H,5-6,9-11,17H2,1H3,(H,19,21)/t14-,15-/m0/s1. The number of unbranched alkanes of at least 4 members (excludes halogenated alkanes) is 1. The van der Waals surface area contributed by atoms with Gasteiger partial charge in [0.2, 0.25) is 12.2 Å². The quantitative estimate of drug-likeness (QED) is 0.549. The van der Waals surface area contributed by atoms with Gasteiger partial charge in [-0.15, -0.1) is 0 Å². The molecule has 4 N–H and O–H groups in total. The third-order valence-electron chi connectivity index (χ3n) is 3.35. The number of hydrogen-bond donors (Lipinski definition) is 3. The van der Waals surface area contributed by atoms with Crippen LogP contribution in [0.3, 0.4) is 0 Å². The fourth-order valence-corrected chi connectivity index (χ4v) is 2.10. The molecule has 0 aliphatic carbocycles. The third kappa shape index (κ3) is 6.51. The minimum Gasteiger partial charge on any atom is -0.344 e. The maximum absolute atomic E-state index is 12.2. The van der Waals surface area contributed by atoms with E-state index in [-0.39, 0.29) is 11.9 Å². The molecule has 0 saturated carbocycles. The summed E-state index contributed by atoms with van der Waals surface area (Å²) < 4.78 is 0. The summed E-state index contributed by atoms with van der Waals surface area (Å²) in [7, 11) is 1.74. The van der Waals surface area contributed by atoms with Gasteiger partial charge in [-0.05, 0) is 44.8 Å². The van der Waals surface area contributed by atoms with Crippen LogP contribution in [0.4, 0.5) is 0 Å². The van der Waals surface area contributed by atoms with E-state index in [4.69, 9.17) is 5.73 Å². The number of amides is 1. The zero-order chi connectivity index (χ0) is 15.5. The SMILES string of the molecule is CN[C@@H](Cc1ccccc1)C(=O)N[C@H]([C]=O)CCCCN. The lowest BCUT2D eigenvalue weighted by atomic mass is 10.0. The van der Waals surface area contributed by atoms with Crippen LogP contribution >= 0.6 is 0 Å². The van der Waals surface area contributed by atoms with E-state index in [9.17, 15) is 9.59 Å². The van der Waals surface area contributed by atoms with E-state index < -0.39 is 6.04 Å². The summed E-state index contributed by atoms with van der Waals surface area (Å²) in [5.41, 5.74) is 6.49. The van der Waals surface area contributed by atoms with Crippen molar-refractivity contribution in [3.8, 4) is 0 Å². The van der Waals surface area contributed by atoms with Crippen LogP contribution in [0.1, 0.15) is 24.8 Å². The average Bonchev–Trinajstić information content (AvgIpc) is 2.52. The fraction of sp³-hybridized carbons (Fsp3) is 0.500. The lowest BCUT2D eigenvalue weighted by Crippen LogP contribution is -2.48. The largest absolute Gasteiger partial charge is 0.344 e. The first kappa shape index (κ1) is 17.3. The lowest BCUT2D eigenvalue weighted by Gasteiger charge is -2.19. The van der Waals surface area contributed by atoms with Gasteiger partial charge in [-0.3, -0.25) is 9.59 Å². The number of nitrogens with one attached hydrogen (secondary N) is 2. The molecule has 21 heavy (non-hydrogen) atoms. The first-order valence-electron chi connectivity index (χ1n) is 7.30. The Kier molecular flexibility index (Phi) is 8.31. The second-order valence-corrected chi connectivity index (χ2v) is 4.99. The van der Waals surface area contributed by atoms with Gasteiger partial charge in [0, 0.05) is 0 Å². The van der Waals surface area contributed by atoms with Crippen LogP contribution < -0.4 is 16.4 Å². The van der Waals surface area contributed by atoms with Crippen LogP contribution in [0, 0.1) is 0 Å². The number of hydrogen-bond acceptors (Lipinski definition) is 4. The molecule has 1 aromatic rings. The summed E-state index contributed by atoms with van der Waals surface area (Å²) in [6, 6.07) is 8.84. The molecule has 1 rings (SSSR count). The minimum absolute atomic E-state index is 0.178. The van der Waals surface area contributed by atoms with Crippen molar-refractivity contribution in [1.82, 2.24) is 10.6 Å². The minimum atomic E-state index is -0.560. The van der Waals surface area contributed by atoms with Crippen molar-refractivity contribution in [2.24, 2.45) is 5.73 Å². The Hall–Kier alpha value is -1.72.